The van der Waals surface area contributed by atoms with Crippen molar-refractivity contribution in [3.8, 4) is 0 Å². The van der Waals surface area contributed by atoms with Gasteiger partial charge in [-0.2, -0.15) is 0 Å². The van der Waals surface area contributed by atoms with Crippen molar-refractivity contribution < 1.29 is 9.59 Å². The molecule has 1 aliphatic heterocycles. The lowest BCUT2D eigenvalue weighted by Gasteiger charge is -2.24. The quantitative estimate of drug-likeness (QED) is 0.852. The van der Waals surface area contributed by atoms with Crippen LogP contribution in [0.1, 0.15) is 38.3 Å². The van der Waals surface area contributed by atoms with E-state index in [4.69, 9.17) is 0 Å². The number of urea groups is 1. The molecule has 1 heterocycles. The van der Waals surface area contributed by atoms with E-state index in [2.05, 4.69) is 10.6 Å². The van der Waals surface area contributed by atoms with Crippen LogP contribution in [0.4, 0.5) is 16.2 Å². The predicted octanol–water partition coefficient (Wildman–Crippen LogP) is 4.09. The van der Waals surface area contributed by atoms with E-state index in [1.807, 2.05) is 69.3 Å². The maximum absolute atomic E-state index is 12.4. The van der Waals surface area contributed by atoms with Crippen molar-refractivity contribution in [3.05, 3.63) is 59.7 Å². The standard InChI is InChI=1S/C21H25N3O2/c1-4-21(2,3)23-20(26)22-17-10-11-18-16(12-17)13-19(25)24(18)14-15-8-6-5-7-9-15/h5-12H,4,13-14H2,1-3H3,(H2,22,23,26). The summed E-state index contributed by atoms with van der Waals surface area (Å²) < 4.78 is 0. The Labute approximate surface area is 154 Å². The molecule has 0 aromatic heterocycles. The van der Waals surface area contributed by atoms with Crippen LogP contribution in [0.15, 0.2) is 48.5 Å². The number of nitrogens with zero attached hydrogens (tertiary/aromatic N) is 1. The summed E-state index contributed by atoms with van der Waals surface area (Å²) in [7, 11) is 0. The minimum absolute atomic E-state index is 0.0811. The molecule has 0 radical (unpaired) electrons. The van der Waals surface area contributed by atoms with Gasteiger partial charge in [0, 0.05) is 16.9 Å². The average molecular weight is 351 g/mol. The van der Waals surface area contributed by atoms with Gasteiger partial charge < -0.3 is 15.5 Å². The number of amides is 3. The molecule has 0 fully saturated rings. The van der Waals surface area contributed by atoms with E-state index in [-0.39, 0.29) is 17.5 Å². The number of fused-ring (bicyclic) bond motifs is 1. The van der Waals surface area contributed by atoms with Crippen LogP contribution in [-0.2, 0) is 17.8 Å². The van der Waals surface area contributed by atoms with Gasteiger partial charge in [-0.15, -0.1) is 0 Å². The highest BCUT2D eigenvalue weighted by molar-refractivity contribution is 6.02. The molecule has 0 saturated heterocycles. The lowest BCUT2D eigenvalue weighted by atomic mass is 10.0. The normalized spacial score (nSPS) is 13.5. The summed E-state index contributed by atoms with van der Waals surface area (Å²) in [6.45, 7) is 6.55. The Morgan fingerprint density at radius 3 is 2.58 bits per heavy atom. The fourth-order valence-electron chi connectivity index (χ4n) is 2.96. The maximum Gasteiger partial charge on any atom is 0.319 e. The monoisotopic (exact) mass is 351 g/mol. The van der Waals surface area contributed by atoms with Gasteiger partial charge in [0.15, 0.2) is 0 Å². The first-order valence-corrected chi connectivity index (χ1v) is 8.94. The fraction of sp³-hybridized carbons (Fsp3) is 0.333. The molecule has 136 valence electrons. The van der Waals surface area contributed by atoms with E-state index in [0.717, 1.165) is 23.2 Å². The molecule has 2 N–H and O–H groups in total. The number of carbonyl (C=O) groups excluding carboxylic acids is 2. The Balaban J connectivity index is 1.72. The molecule has 5 heteroatoms. The van der Waals surface area contributed by atoms with Crippen LogP contribution in [-0.4, -0.2) is 17.5 Å². The minimum Gasteiger partial charge on any atom is -0.333 e. The summed E-state index contributed by atoms with van der Waals surface area (Å²) in [4.78, 5) is 26.4. The van der Waals surface area contributed by atoms with Gasteiger partial charge in [0.2, 0.25) is 5.91 Å². The van der Waals surface area contributed by atoms with Crippen molar-refractivity contribution >= 4 is 23.3 Å². The molecular formula is C21H25N3O2. The molecule has 0 unspecified atom stereocenters. The maximum atomic E-state index is 12.4. The summed E-state index contributed by atoms with van der Waals surface area (Å²) in [5, 5.41) is 5.81. The second-order valence-corrected chi connectivity index (χ2v) is 7.30. The first-order chi connectivity index (χ1) is 12.4. The topological polar surface area (TPSA) is 61.4 Å². The van der Waals surface area contributed by atoms with Crippen molar-refractivity contribution in [2.75, 3.05) is 10.2 Å². The van der Waals surface area contributed by atoms with E-state index in [9.17, 15) is 9.59 Å². The SMILES string of the molecule is CCC(C)(C)NC(=O)Nc1ccc2c(c1)CC(=O)N2Cc1ccccc1. The summed E-state index contributed by atoms with van der Waals surface area (Å²) in [6.07, 6.45) is 1.20. The van der Waals surface area contributed by atoms with Crippen molar-refractivity contribution in [2.24, 2.45) is 0 Å². The zero-order valence-electron chi connectivity index (χ0n) is 15.5. The van der Waals surface area contributed by atoms with Crippen molar-refractivity contribution in [3.63, 3.8) is 0 Å². The first kappa shape index (κ1) is 18.0. The van der Waals surface area contributed by atoms with Crippen molar-refractivity contribution in [1.82, 2.24) is 5.32 Å². The number of hydrogen-bond donors (Lipinski definition) is 2. The molecule has 0 spiro atoms. The van der Waals surface area contributed by atoms with E-state index in [1.165, 1.54) is 0 Å². The Kier molecular flexibility index (Phi) is 4.98. The van der Waals surface area contributed by atoms with Gasteiger partial charge in [-0.25, -0.2) is 4.79 Å². The lowest BCUT2D eigenvalue weighted by Crippen LogP contribution is -2.45. The van der Waals surface area contributed by atoms with Crippen LogP contribution in [0.3, 0.4) is 0 Å². The van der Waals surface area contributed by atoms with Gasteiger partial charge in [0.05, 0.1) is 13.0 Å². The molecular weight excluding hydrogens is 326 g/mol. The van der Waals surface area contributed by atoms with Crippen molar-refractivity contribution in [1.29, 1.82) is 0 Å². The third kappa shape index (κ3) is 4.04. The Hall–Kier alpha value is -2.82. The summed E-state index contributed by atoms with van der Waals surface area (Å²) >= 11 is 0. The van der Waals surface area contributed by atoms with E-state index in [0.29, 0.717) is 18.7 Å². The third-order valence-electron chi connectivity index (χ3n) is 4.79. The first-order valence-electron chi connectivity index (χ1n) is 8.94. The molecule has 0 saturated carbocycles. The molecule has 3 rings (SSSR count). The predicted molar refractivity (Wildman–Crippen MR) is 104 cm³/mol. The second-order valence-electron chi connectivity index (χ2n) is 7.30. The highest BCUT2D eigenvalue weighted by Crippen LogP contribution is 2.32. The Morgan fingerprint density at radius 1 is 1.15 bits per heavy atom. The number of hydrogen-bond acceptors (Lipinski definition) is 2. The highest BCUT2D eigenvalue weighted by atomic mass is 16.2. The Bertz CT molecular complexity index is 815. The van der Waals surface area contributed by atoms with Gasteiger partial charge in [-0.05, 0) is 49.6 Å². The van der Waals surface area contributed by atoms with Crippen LogP contribution in [0, 0.1) is 0 Å². The zero-order chi connectivity index (χ0) is 18.7. The summed E-state index contributed by atoms with van der Waals surface area (Å²) in [5.41, 5.74) is 3.39. The molecule has 26 heavy (non-hydrogen) atoms. The van der Waals surface area contributed by atoms with Crippen LogP contribution >= 0.6 is 0 Å². The molecule has 0 aliphatic carbocycles. The van der Waals surface area contributed by atoms with Crippen LogP contribution in [0.5, 0.6) is 0 Å². The van der Waals surface area contributed by atoms with E-state index >= 15 is 0 Å². The highest BCUT2D eigenvalue weighted by Gasteiger charge is 2.27. The molecule has 0 bridgehead atoms. The molecule has 2 aromatic carbocycles. The molecule has 0 atom stereocenters. The van der Waals surface area contributed by atoms with Crippen LogP contribution in [0.25, 0.3) is 0 Å². The van der Waals surface area contributed by atoms with Gasteiger partial charge in [0.25, 0.3) is 0 Å². The second kappa shape index (κ2) is 7.20. The number of carbonyl (C=O) groups is 2. The van der Waals surface area contributed by atoms with Gasteiger partial charge >= 0.3 is 6.03 Å². The average Bonchev–Trinajstić information content (AvgIpc) is 2.90. The molecule has 5 nitrogen and oxygen atoms in total. The molecule has 3 amide bonds. The zero-order valence-corrected chi connectivity index (χ0v) is 15.5. The van der Waals surface area contributed by atoms with Crippen LogP contribution < -0.4 is 15.5 Å². The Morgan fingerprint density at radius 2 is 1.88 bits per heavy atom. The lowest BCUT2D eigenvalue weighted by molar-refractivity contribution is -0.117. The van der Waals surface area contributed by atoms with E-state index < -0.39 is 0 Å². The van der Waals surface area contributed by atoms with Crippen molar-refractivity contribution in [2.45, 2.75) is 45.7 Å². The molecule has 2 aromatic rings. The largest absolute Gasteiger partial charge is 0.333 e. The number of anilines is 2. The smallest absolute Gasteiger partial charge is 0.319 e. The third-order valence-corrected chi connectivity index (χ3v) is 4.79. The fourth-order valence-corrected chi connectivity index (χ4v) is 2.96. The van der Waals surface area contributed by atoms with Crippen LogP contribution in [0.2, 0.25) is 0 Å². The number of nitrogens with one attached hydrogen (secondary N) is 2. The van der Waals surface area contributed by atoms with Gasteiger partial charge in [-0.3, -0.25) is 4.79 Å². The minimum atomic E-state index is -0.261. The van der Waals surface area contributed by atoms with Gasteiger partial charge in [-0.1, -0.05) is 37.3 Å². The number of rotatable bonds is 5. The number of benzene rings is 2. The van der Waals surface area contributed by atoms with E-state index in [1.54, 1.807) is 4.90 Å². The summed E-state index contributed by atoms with van der Waals surface area (Å²) in [5.74, 6) is 0.0811. The molecule has 1 aliphatic rings. The summed E-state index contributed by atoms with van der Waals surface area (Å²) in [6, 6.07) is 15.3. The van der Waals surface area contributed by atoms with Gasteiger partial charge in [0.1, 0.15) is 0 Å².